The fourth-order valence-corrected chi connectivity index (χ4v) is 2.20. The number of carbonyl (C=O) groups is 1. The first kappa shape index (κ1) is 12.2. The second-order valence-corrected chi connectivity index (χ2v) is 4.67. The topological polar surface area (TPSA) is 39.4 Å². The highest BCUT2D eigenvalue weighted by Crippen LogP contribution is 2.32. The van der Waals surface area contributed by atoms with E-state index in [4.69, 9.17) is 9.15 Å². The van der Waals surface area contributed by atoms with Gasteiger partial charge in [-0.15, -0.1) is 0 Å². The lowest BCUT2D eigenvalue weighted by molar-refractivity contribution is 0.0527. The maximum Gasteiger partial charge on any atom is 0.342 e. The molecule has 1 heterocycles. The maximum absolute atomic E-state index is 11.8. The molecule has 0 aliphatic carbocycles. The highest BCUT2D eigenvalue weighted by Gasteiger charge is 2.18. The third kappa shape index (κ3) is 1.97. The van der Waals surface area contributed by atoms with Crippen LogP contribution in [-0.4, -0.2) is 12.6 Å². The Morgan fingerprint density at radius 3 is 2.82 bits per heavy atom. The van der Waals surface area contributed by atoms with Crippen molar-refractivity contribution in [3.63, 3.8) is 0 Å². The molecule has 1 aromatic heterocycles. The van der Waals surface area contributed by atoms with Crippen LogP contribution < -0.4 is 0 Å². The Labute approximate surface area is 108 Å². The molecule has 0 saturated heterocycles. The number of halogens is 1. The van der Waals surface area contributed by atoms with Crippen LogP contribution in [0.4, 0.5) is 0 Å². The second kappa shape index (κ2) is 4.53. The van der Waals surface area contributed by atoms with Gasteiger partial charge in [0.2, 0.25) is 0 Å². The van der Waals surface area contributed by atoms with Crippen LogP contribution in [0.25, 0.3) is 11.0 Å². The molecular weight excluding hydrogens is 284 g/mol. The number of hydrogen-bond acceptors (Lipinski definition) is 3. The molecule has 2 aromatic rings. The van der Waals surface area contributed by atoms with E-state index in [0.717, 1.165) is 21.0 Å². The molecule has 2 rings (SSSR count). The van der Waals surface area contributed by atoms with Gasteiger partial charge < -0.3 is 9.15 Å². The van der Waals surface area contributed by atoms with Gasteiger partial charge in [-0.05, 0) is 38.0 Å². The normalized spacial score (nSPS) is 10.8. The second-order valence-electron chi connectivity index (χ2n) is 3.88. The van der Waals surface area contributed by atoms with Crippen LogP contribution in [0.2, 0.25) is 0 Å². The summed E-state index contributed by atoms with van der Waals surface area (Å²) in [4.78, 5) is 11.8. The Balaban J connectivity index is 2.68. The minimum atomic E-state index is -0.342. The van der Waals surface area contributed by atoms with E-state index in [2.05, 4.69) is 15.9 Å². The van der Waals surface area contributed by atoms with E-state index in [1.54, 1.807) is 6.92 Å². The van der Waals surface area contributed by atoms with E-state index >= 15 is 0 Å². The van der Waals surface area contributed by atoms with Gasteiger partial charge in [-0.3, -0.25) is 0 Å². The first-order chi connectivity index (χ1) is 8.06. The Hall–Kier alpha value is -1.29. The lowest BCUT2D eigenvalue weighted by Gasteiger charge is -2.05. The van der Waals surface area contributed by atoms with Crippen LogP contribution in [0.1, 0.15) is 28.4 Å². The van der Waals surface area contributed by atoms with Crippen molar-refractivity contribution in [1.82, 2.24) is 0 Å². The van der Waals surface area contributed by atoms with Crippen molar-refractivity contribution >= 4 is 32.9 Å². The van der Waals surface area contributed by atoms with Crippen molar-refractivity contribution in [1.29, 1.82) is 0 Å². The smallest absolute Gasteiger partial charge is 0.342 e. The van der Waals surface area contributed by atoms with Gasteiger partial charge in [-0.25, -0.2) is 4.79 Å². The SMILES string of the molecule is CCOC(=O)c1coc2cc(C)c(Br)c(C)c12. The predicted molar refractivity (Wildman–Crippen MR) is 69.3 cm³/mol. The first-order valence-corrected chi connectivity index (χ1v) is 6.19. The van der Waals surface area contributed by atoms with Crippen molar-refractivity contribution < 1.29 is 13.9 Å². The average Bonchev–Trinajstić information content (AvgIpc) is 2.70. The molecule has 0 N–H and O–H groups in total. The van der Waals surface area contributed by atoms with Gasteiger partial charge in [-0.1, -0.05) is 15.9 Å². The molecule has 17 heavy (non-hydrogen) atoms. The third-order valence-corrected chi connectivity index (χ3v) is 3.93. The van der Waals surface area contributed by atoms with Gasteiger partial charge in [0.25, 0.3) is 0 Å². The van der Waals surface area contributed by atoms with Crippen molar-refractivity contribution in [3.05, 3.63) is 33.5 Å². The largest absolute Gasteiger partial charge is 0.463 e. The van der Waals surface area contributed by atoms with Gasteiger partial charge in [0, 0.05) is 9.86 Å². The molecule has 0 aliphatic heterocycles. The van der Waals surface area contributed by atoms with Crippen molar-refractivity contribution in [2.45, 2.75) is 20.8 Å². The van der Waals surface area contributed by atoms with E-state index in [9.17, 15) is 4.79 Å². The Bertz CT molecular complexity index is 584. The average molecular weight is 297 g/mol. The number of esters is 1. The molecule has 0 spiro atoms. The molecule has 0 fully saturated rings. The van der Waals surface area contributed by atoms with Crippen LogP contribution in [0.15, 0.2) is 21.2 Å². The highest BCUT2D eigenvalue weighted by atomic mass is 79.9. The summed E-state index contributed by atoms with van der Waals surface area (Å²) in [5.74, 6) is -0.342. The summed E-state index contributed by atoms with van der Waals surface area (Å²) < 4.78 is 11.4. The quantitative estimate of drug-likeness (QED) is 0.787. The zero-order chi connectivity index (χ0) is 12.6. The summed E-state index contributed by atoms with van der Waals surface area (Å²) in [6.45, 7) is 6.09. The molecule has 0 unspecified atom stereocenters. The van der Waals surface area contributed by atoms with Crippen LogP contribution in [0.5, 0.6) is 0 Å². The zero-order valence-electron chi connectivity index (χ0n) is 9.96. The minimum Gasteiger partial charge on any atom is -0.463 e. The van der Waals surface area contributed by atoms with E-state index in [0.29, 0.717) is 17.8 Å². The van der Waals surface area contributed by atoms with Gasteiger partial charge in [0.15, 0.2) is 0 Å². The molecular formula is C13H13BrO3. The number of benzene rings is 1. The molecule has 0 radical (unpaired) electrons. The third-order valence-electron chi connectivity index (χ3n) is 2.71. The van der Waals surface area contributed by atoms with Crippen LogP contribution >= 0.6 is 15.9 Å². The lowest BCUT2D eigenvalue weighted by atomic mass is 10.0. The van der Waals surface area contributed by atoms with Crippen molar-refractivity contribution in [2.24, 2.45) is 0 Å². The number of aryl methyl sites for hydroxylation is 2. The Kier molecular flexibility index (Phi) is 3.24. The number of hydrogen-bond donors (Lipinski definition) is 0. The summed E-state index contributed by atoms with van der Waals surface area (Å²) in [6, 6.07) is 1.91. The summed E-state index contributed by atoms with van der Waals surface area (Å²) in [5, 5.41) is 0.820. The van der Waals surface area contributed by atoms with Gasteiger partial charge in [0.05, 0.1) is 6.61 Å². The summed E-state index contributed by atoms with van der Waals surface area (Å²) in [6.07, 6.45) is 1.46. The molecule has 0 saturated carbocycles. The molecule has 90 valence electrons. The summed E-state index contributed by atoms with van der Waals surface area (Å²) >= 11 is 3.51. The van der Waals surface area contributed by atoms with Gasteiger partial charge in [-0.2, -0.15) is 0 Å². The molecule has 1 aromatic carbocycles. The number of fused-ring (bicyclic) bond motifs is 1. The molecule has 4 heteroatoms. The molecule has 0 bridgehead atoms. The number of rotatable bonds is 2. The molecule has 0 amide bonds. The maximum atomic E-state index is 11.8. The summed E-state index contributed by atoms with van der Waals surface area (Å²) in [7, 11) is 0. The Morgan fingerprint density at radius 1 is 1.47 bits per heavy atom. The van der Waals surface area contributed by atoms with Crippen LogP contribution in [0.3, 0.4) is 0 Å². The Morgan fingerprint density at radius 2 is 2.18 bits per heavy atom. The van der Waals surface area contributed by atoms with Gasteiger partial charge >= 0.3 is 5.97 Å². The molecule has 0 atom stereocenters. The van der Waals surface area contributed by atoms with E-state index < -0.39 is 0 Å². The minimum absolute atomic E-state index is 0.342. The fourth-order valence-electron chi connectivity index (χ4n) is 1.89. The van der Waals surface area contributed by atoms with E-state index in [1.165, 1.54) is 6.26 Å². The van der Waals surface area contributed by atoms with E-state index in [-0.39, 0.29) is 5.97 Å². The highest BCUT2D eigenvalue weighted by molar-refractivity contribution is 9.10. The predicted octanol–water partition coefficient (Wildman–Crippen LogP) is 3.99. The number of ether oxygens (including phenoxy) is 1. The monoisotopic (exact) mass is 296 g/mol. The molecule has 3 nitrogen and oxygen atoms in total. The van der Waals surface area contributed by atoms with Crippen molar-refractivity contribution in [3.8, 4) is 0 Å². The lowest BCUT2D eigenvalue weighted by Crippen LogP contribution is -2.04. The first-order valence-electron chi connectivity index (χ1n) is 5.40. The van der Waals surface area contributed by atoms with E-state index in [1.807, 2.05) is 19.9 Å². The molecule has 0 aliphatic rings. The number of furan rings is 1. The zero-order valence-corrected chi connectivity index (χ0v) is 11.6. The number of carbonyl (C=O) groups excluding carboxylic acids is 1. The van der Waals surface area contributed by atoms with Gasteiger partial charge in [0.1, 0.15) is 17.4 Å². The van der Waals surface area contributed by atoms with Crippen LogP contribution in [-0.2, 0) is 4.74 Å². The van der Waals surface area contributed by atoms with Crippen LogP contribution in [0, 0.1) is 13.8 Å². The summed E-state index contributed by atoms with van der Waals surface area (Å²) in [5.41, 5.74) is 3.28. The fraction of sp³-hybridized carbons (Fsp3) is 0.308. The standard InChI is InChI=1S/C13H13BrO3/c1-4-16-13(15)9-6-17-10-5-7(2)12(14)8(3)11(9)10/h5-6H,4H2,1-3H3. The van der Waals surface area contributed by atoms with Crippen molar-refractivity contribution in [2.75, 3.05) is 6.61 Å².